The molecule has 0 spiro atoms. The molecular weight excluding hydrogens is 274 g/mol. The van der Waals surface area contributed by atoms with Crippen LogP contribution >= 0.6 is 0 Å². The monoisotopic (exact) mass is 287 g/mol. The molecule has 0 unspecified atom stereocenters. The Morgan fingerprint density at radius 3 is 2.95 bits per heavy atom. The summed E-state index contributed by atoms with van der Waals surface area (Å²) in [4.78, 5) is 17.6. The van der Waals surface area contributed by atoms with E-state index in [4.69, 9.17) is 15.9 Å². The Kier molecular flexibility index (Phi) is 4.90. The number of H-pyrrole nitrogens is 1. The van der Waals surface area contributed by atoms with Gasteiger partial charge in [0.15, 0.2) is 5.75 Å². The number of nitro benzene ring substituents is 1. The molecule has 1 aromatic carbocycles. The van der Waals surface area contributed by atoms with E-state index in [1.807, 2.05) is 0 Å². The normalized spacial score (nSPS) is 10.0. The molecule has 7 nitrogen and oxygen atoms in total. The van der Waals surface area contributed by atoms with Crippen molar-refractivity contribution in [2.75, 3.05) is 19.8 Å². The van der Waals surface area contributed by atoms with E-state index in [-0.39, 0.29) is 31.3 Å². The number of nitro groups is 1. The highest BCUT2D eigenvalue weighted by atomic mass is 16.6. The first kappa shape index (κ1) is 14.6. The smallest absolute Gasteiger partial charge is 0.311 e. The molecule has 1 heterocycles. The van der Waals surface area contributed by atoms with Crippen LogP contribution in [-0.4, -0.2) is 34.7 Å². The number of ether oxygens (including phenoxy) is 2. The summed E-state index contributed by atoms with van der Waals surface area (Å²) in [6.07, 6.45) is 8.26. The third-order valence-electron chi connectivity index (χ3n) is 2.60. The molecule has 0 aliphatic rings. The Bertz CT molecular complexity index is 647. The van der Waals surface area contributed by atoms with Crippen LogP contribution in [0.3, 0.4) is 0 Å². The van der Waals surface area contributed by atoms with Gasteiger partial charge in [-0.3, -0.25) is 10.1 Å². The lowest BCUT2D eigenvalue weighted by atomic mass is 10.2. The van der Waals surface area contributed by atoms with Gasteiger partial charge in [0.1, 0.15) is 19.0 Å². The number of imidazole rings is 1. The SMILES string of the molecule is C#CCOCCOc1ccc(-c2ncc[nH]2)cc1[N+](=O)[O-]. The fourth-order valence-corrected chi connectivity index (χ4v) is 1.69. The van der Waals surface area contributed by atoms with Gasteiger partial charge < -0.3 is 14.5 Å². The van der Waals surface area contributed by atoms with Gasteiger partial charge in [0.05, 0.1) is 11.5 Å². The van der Waals surface area contributed by atoms with Gasteiger partial charge in [-0.1, -0.05) is 5.92 Å². The Balaban J connectivity index is 2.11. The summed E-state index contributed by atoms with van der Waals surface area (Å²) < 4.78 is 10.4. The Hall–Kier alpha value is -2.85. The molecule has 7 heteroatoms. The van der Waals surface area contributed by atoms with Gasteiger partial charge in [0, 0.05) is 24.0 Å². The van der Waals surface area contributed by atoms with E-state index in [0.717, 1.165) is 0 Å². The van der Waals surface area contributed by atoms with Gasteiger partial charge in [0.25, 0.3) is 0 Å². The van der Waals surface area contributed by atoms with Crippen molar-refractivity contribution in [1.29, 1.82) is 0 Å². The van der Waals surface area contributed by atoms with E-state index in [1.54, 1.807) is 18.5 Å². The van der Waals surface area contributed by atoms with Crippen LogP contribution in [0.1, 0.15) is 0 Å². The molecular formula is C14H13N3O4. The van der Waals surface area contributed by atoms with Crippen LogP contribution in [0.4, 0.5) is 5.69 Å². The maximum absolute atomic E-state index is 11.1. The van der Waals surface area contributed by atoms with Crippen LogP contribution in [0.2, 0.25) is 0 Å². The van der Waals surface area contributed by atoms with E-state index >= 15 is 0 Å². The molecule has 0 atom stereocenters. The second-order valence-electron chi connectivity index (χ2n) is 3.98. The Labute approximate surface area is 121 Å². The highest BCUT2D eigenvalue weighted by Gasteiger charge is 2.17. The maximum atomic E-state index is 11.1. The molecule has 0 amide bonds. The second kappa shape index (κ2) is 7.07. The average Bonchev–Trinajstić information content (AvgIpc) is 3.01. The minimum absolute atomic E-state index is 0.124. The summed E-state index contributed by atoms with van der Waals surface area (Å²) in [5.41, 5.74) is 0.489. The molecule has 0 aliphatic heterocycles. The Morgan fingerprint density at radius 2 is 2.29 bits per heavy atom. The summed E-state index contributed by atoms with van der Waals surface area (Å²) in [6, 6.07) is 4.65. The molecule has 21 heavy (non-hydrogen) atoms. The topological polar surface area (TPSA) is 90.3 Å². The zero-order valence-corrected chi connectivity index (χ0v) is 11.1. The molecule has 108 valence electrons. The van der Waals surface area contributed by atoms with E-state index < -0.39 is 4.92 Å². The molecule has 0 aliphatic carbocycles. The first-order valence-corrected chi connectivity index (χ1v) is 6.14. The van der Waals surface area contributed by atoms with Crippen LogP contribution in [-0.2, 0) is 4.74 Å². The van der Waals surface area contributed by atoms with Crippen molar-refractivity contribution in [1.82, 2.24) is 9.97 Å². The summed E-state index contributed by atoms with van der Waals surface area (Å²) >= 11 is 0. The fraction of sp³-hybridized carbons (Fsp3) is 0.214. The Morgan fingerprint density at radius 1 is 1.43 bits per heavy atom. The number of hydrogen-bond donors (Lipinski definition) is 1. The van der Waals surface area contributed by atoms with Gasteiger partial charge in [-0.15, -0.1) is 6.42 Å². The van der Waals surface area contributed by atoms with Gasteiger partial charge in [0.2, 0.25) is 0 Å². The fourth-order valence-electron chi connectivity index (χ4n) is 1.69. The van der Waals surface area contributed by atoms with Gasteiger partial charge >= 0.3 is 5.69 Å². The standard InChI is InChI=1S/C14H13N3O4/c1-2-7-20-8-9-21-13-4-3-11(10-12(13)17(18)19)14-15-5-6-16-14/h1,3-6,10H,7-9H2,(H,15,16). The number of terminal acetylenes is 1. The number of aromatic nitrogens is 2. The van der Waals surface area contributed by atoms with Crippen molar-refractivity contribution < 1.29 is 14.4 Å². The highest BCUT2D eigenvalue weighted by Crippen LogP contribution is 2.31. The van der Waals surface area contributed by atoms with Crippen LogP contribution < -0.4 is 4.74 Å². The van der Waals surface area contributed by atoms with E-state index in [1.165, 1.54) is 12.1 Å². The van der Waals surface area contributed by atoms with Crippen molar-refractivity contribution in [3.05, 3.63) is 40.7 Å². The zero-order chi connectivity index (χ0) is 15.1. The molecule has 2 aromatic rings. The first-order valence-electron chi connectivity index (χ1n) is 6.14. The predicted molar refractivity (Wildman–Crippen MR) is 75.8 cm³/mol. The summed E-state index contributed by atoms with van der Waals surface area (Å²) in [5.74, 6) is 3.06. The number of nitrogens with zero attached hydrogens (tertiary/aromatic N) is 2. The van der Waals surface area contributed by atoms with Crippen molar-refractivity contribution in [2.45, 2.75) is 0 Å². The number of benzene rings is 1. The maximum Gasteiger partial charge on any atom is 0.311 e. The summed E-state index contributed by atoms with van der Waals surface area (Å²) in [6.45, 7) is 0.632. The van der Waals surface area contributed by atoms with Crippen LogP contribution in [0.15, 0.2) is 30.6 Å². The molecule has 0 saturated carbocycles. The number of nitrogens with one attached hydrogen (secondary N) is 1. The summed E-state index contributed by atoms with van der Waals surface area (Å²) in [5, 5.41) is 11.1. The van der Waals surface area contributed by atoms with Gasteiger partial charge in [-0.2, -0.15) is 0 Å². The lowest BCUT2D eigenvalue weighted by molar-refractivity contribution is -0.385. The summed E-state index contributed by atoms with van der Waals surface area (Å²) in [7, 11) is 0. The highest BCUT2D eigenvalue weighted by molar-refractivity contribution is 5.63. The van der Waals surface area contributed by atoms with Gasteiger partial charge in [-0.25, -0.2) is 4.98 Å². The lowest BCUT2D eigenvalue weighted by Gasteiger charge is -2.07. The first-order chi connectivity index (χ1) is 10.2. The van der Waals surface area contributed by atoms with Crippen LogP contribution in [0.5, 0.6) is 5.75 Å². The molecule has 0 bridgehead atoms. The van der Waals surface area contributed by atoms with Crippen LogP contribution in [0.25, 0.3) is 11.4 Å². The van der Waals surface area contributed by atoms with Crippen molar-refractivity contribution in [3.8, 4) is 29.5 Å². The average molecular weight is 287 g/mol. The van der Waals surface area contributed by atoms with E-state index in [2.05, 4.69) is 15.9 Å². The molecule has 0 radical (unpaired) electrons. The minimum atomic E-state index is -0.496. The minimum Gasteiger partial charge on any atom is -0.484 e. The van der Waals surface area contributed by atoms with Gasteiger partial charge in [-0.05, 0) is 12.1 Å². The largest absolute Gasteiger partial charge is 0.484 e. The molecule has 0 fully saturated rings. The molecule has 1 aromatic heterocycles. The predicted octanol–water partition coefficient (Wildman–Crippen LogP) is 2.01. The number of aromatic amines is 1. The molecule has 0 saturated heterocycles. The number of hydrogen-bond acceptors (Lipinski definition) is 5. The second-order valence-corrected chi connectivity index (χ2v) is 3.98. The van der Waals surface area contributed by atoms with Crippen molar-refractivity contribution >= 4 is 5.69 Å². The third kappa shape index (κ3) is 3.81. The van der Waals surface area contributed by atoms with Crippen molar-refractivity contribution in [2.24, 2.45) is 0 Å². The van der Waals surface area contributed by atoms with Crippen molar-refractivity contribution in [3.63, 3.8) is 0 Å². The lowest BCUT2D eigenvalue weighted by Crippen LogP contribution is -2.08. The molecule has 1 N–H and O–H groups in total. The zero-order valence-electron chi connectivity index (χ0n) is 11.1. The quantitative estimate of drug-likeness (QED) is 0.364. The van der Waals surface area contributed by atoms with Crippen LogP contribution in [0, 0.1) is 22.5 Å². The number of rotatable bonds is 7. The van der Waals surface area contributed by atoms with E-state index in [9.17, 15) is 10.1 Å². The van der Waals surface area contributed by atoms with E-state index in [0.29, 0.717) is 11.4 Å². The molecule has 2 rings (SSSR count). The third-order valence-corrected chi connectivity index (χ3v) is 2.60.